The first-order chi connectivity index (χ1) is 12.2. The number of ether oxygens (including phenoxy) is 1. The summed E-state index contributed by atoms with van der Waals surface area (Å²) in [5.41, 5.74) is 2.51. The second-order valence-corrected chi connectivity index (χ2v) is 6.87. The van der Waals surface area contributed by atoms with Crippen molar-refractivity contribution in [1.82, 2.24) is 15.6 Å². The Balaban J connectivity index is 1.63. The van der Waals surface area contributed by atoms with Gasteiger partial charge in [-0.1, -0.05) is 25.1 Å². The Hall–Kier alpha value is -2.40. The molecule has 2 aliphatic heterocycles. The van der Waals surface area contributed by atoms with E-state index in [4.69, 9.17) is 4.74 Å². The average molecular weight is 337 g/mol. The molecule has 2 aromatic rings. The first kappa shape index (κ1) is 16.1. The van der Waals surface area contributed by atoms with Gasteiger partial charge in [0.25, 0.3) is 5.91 Å². The Morgan fingerprint density at radius 3 is 3.08 bits per heavy atom. The number of aromatic nitrogens is 1. The lowest BCUT2D eigenvalue weighted by atomic mass is 9.86. The highest BCUT2D eigenvalue weighted by molar-refractivity contribution is 5.95. The highest BCUT2D eigenvalue weighted by Gasteiger charge is 2.43. The van der Waals surface area contributed by atoms with Crippen LogP contribution >= 0.6 is 0 Å². The number of carbonyl (C=O) groups is 1. The number of para-hydroxylation sites is 1. The van der Waals surface area contributed by atoms with Crippen molar-refractivity contribution in [1.29, 1.82) is 0 Å². The molecule has 2 N–H and O–H groups in total. The van der Waals surface area contributed by atoms with Crippen molar-refractivity contribution in [3.63, 3.8) is 0 Å². The number of fused-ring (bicyclic) bond motifs is 1. The SMILES string of the molecule is CCc1cnccc1C(=O)NC1CC2(CCNC2)Oc2ccccc21. The maximum atomic E-state index is 12.9. The van der Waals surface area contributed by atoms with Crippen LogP contribution in [0, 0.1) is 0 Å². The van der Waals surface area contributed by atoms with E-state index < -0.39 is 0 Å². The van der Waals surface area contributed by atoms with Gasteiger partial charge in [0.2, 0.25) is 0 Å². The Morgan fingerprint density at radius 2 is 2.28 bits per heavy atom. The third kappa shape index (κ3) is 3.00. The van der Waals surface area contributed by atoms with E-state index in [2.05, 4.69) is 15.6 Å². The van der Waals surface area contributed by atoms with Crippen LogP contribution in [0.5, 0.6) is 5.75 Å². The van der Waals surface area contributed by atoms with E-state index in [1.54, 1.807) is 18.5 Å². The molecule has 130 valence electrons. The summed E-state index contributed by atoms with van der Waals surface area (Å²) in [7, 11) is 0. The van der Waals surface area contributed by atoms with Gasteiger partial charge in [0.1, 0.15) is 11.4 Å². The average Bonchev–Trinajstić information content (AvgIpc) is 3.09. The third-order valence-corrected chi connectivity index (χ3v) is 5.24. The van der Waals surface area contributed by atoms with Crippen LogP contribution in [0.3, 0.4) is 0 Å². The molecule has 1 spiro atoms. The molecule has 2 aliphatic rings. The van der Waals surface area contributed by atoms with E-state index in [9.17, 15) is 4.79 Å². The van der Waals surface area contributed by atoms with Crippen LogP contribution < -0.4 is 15.4 Å². The van der Waals surface area contributed by atoms with Crippen molar-refractivity contribution >= 4 is 5.91 Å². The smallest absolute Gasteiger partial charge is 0.252 e. The number of hydrogen-bond donors (Lipinski definition) is 2. The molecular formula is C20H23N3O2. The van der Waals surface area contributed by atoms with Crippen LogP contribution in [0.15, 0.2) is 42.7 Å². The van der Waals surface area contributed by atoms with Crippen LogP contribution in [-0.4, -0.2) is 29.6 Å². The van der Waals surface area contributed by atoms with E-state index in [-0.39, 0.29) is 17.6 Å². The Labute approximate surface area is 147 Å². The van der Waals surface area contributed by atoms with Gasteiger partial charge >= 0.3 is 0 Å². The molecule has 1 amide bonds. The summed E-state index contributed by atoms with van der Waals surface area (Å²) in [5.74, 6) is 0.843. The van der Waals surface area contributed by atoms with Gasteiger partial charge in [-0.3, -0.25) is 9.78 Å². The van der Waals surface area contributed by atoms with Crippen molar-refractivity contribution in [2.75, 3.05) is 13.1 Å². The molecule has 1 aromatic heterocycles. The van der Waals surface area contributed by atoms with Crippen molar-refractivity contribution in [3.05, 3.63) is 59.4 Å². The molecule has 1 fully saturated rings. The molecule has 0 aliphatic carbocycles. The predicted molar refractivity (Wildman–Crippen MR) is 95.7 cm³/mol. The zero-order valence-electron chi connectivity index (χ0n) is 14.4. The third-order valence-electron chi connectivity index (χ3n) is 5.24. The van der Waals surface area contributed by atoms with Crippen LogP contribution in [0.4, 0.5) is 0 Å². The number of nitrogens with zero attached hydrogens (tertiary/aromatic N) is 1. The summed E-state index contributed by atoms with van der Waals surface area (Å²) in [6.07, 6.45) is 5.98. The molecule has 4 rings (SSSR count). The summed E-state index contributed by atoms with van der Waals surface area (Å²) in [4.78, 5) is 17.0. The molecule has 1 saturated heterocycles. The lowest BCUT2D eigenvalue weighted by molar-refractivity contribution is 0.0474. The largest absolute Gasteiger partial charge is 0.485 e. The van der Waals surface area contributed by atoms with Gasteiger partial charge in [-0.2, -0.15) is 0 Å². The van der Waals surface area contributed by atoms with E-state index in [1.165, 1.54) is 0 Å². The minimum absolute atomic E-state index is 0.0398. The number of amides is 1. The van der Waals surface area contributed by atoms with Crippen molar-refractivity contribution in [2.24, 2.45) is 0 Å². The van der Waals surface area contributed by atoms with Crippen LogP contribution in [0.25, 0.3) is 0 Å². The van der Waals surface area contributed by atoms with E-state index in [1.807, 2.05) is 31.2 Å². The number of rotatable bonds is 3. The number of pyridine rings is 1. The molecule has 5 nitrogen and oxygen atoms in total. The second kappa shape index (κ2) is 6.48. The highest BCUT2D eigenvalue weighted by atomic mass is 16.5. The predicted octanol–water partition coefficient (Wildman–Crippen LogP) is 2.63. The van der Waals surface area contributed by atoms with Gasteiger partial charge in [0.15, 0.2) is 0 Å². The van der Waals surface area contributed by atoms with Gasteiger partial charge in [0.05, 0.1) is 6.04 Å². The lowest BCUT2D eigenvalue weighted by Crippen LogP contribution is -2.46. The minimum atomic E-state index is -0.224. The number of aryl methyl sites for hydroxylation is 1. The van der Waals surface area contributed by atoms with Crippen LogP contribution in [0.2, 0.25) is 0 Å². The molecule has 3 heterocycles. The fourth-order valence-corrected chi connectivity index (χ4v) is 3.90. The van der Waals surface area contributed by atoms with Crippen LogP contribution in [-0.2, 0) is 6.42 Å². The van der Waals surface area contributed by atoms with Crippen LogP contribution in [0.1, 0.15) is 47.3 Å². The lowest BCUT2D eigenvalue weighted by Gasteiger charge is -2.39. The molecule has 25 heavy (non-hydrogen) atoms. The van der Waals surface area contributed by atoms with Gasteiger partial charge in [-0.25, -0.2) is 0 Å². The van der Waals surface area contributed by atoms with Crippen molar-refractivity contribution in [2.45, 2.75) is 37.8 Å². The zero-order valence-corrected chi connectivity index (χ0v) is 14.4. The monoisotopic (exact) mass is 337 g/mol. The molecule has 0 bridgehead atoms. The normalized spacial score (nSPS) is 24.6. The maximum absolute atomic E-state index is 12.9. The van der Waals surface area contributed by atoms with Gasteiger partial charge in [-0.05, 0) is 30.7 Å². The first-order valence-corrected chi connectivity index (χ1v) is 8.93. The van der Waals surface area contributed by atoms with Gasteiger partial charge < -0.3 is 15.4 Å². The quantitative estimate of drug-likeness (QED) is 0.904. The molecule has 5 heteroatoms. The molecule has 2 unspecified atom stereocenters. The van der Waals surface area contributed by atoms with Gasteiger partial charge in [0, 0.05) is 42.9 Å². The zero-order chi connectivity index (χ0) is 17.3. The molecule has 2 atom stereocenters. The summed E-state index contributed by atoms with van der Waals surface area (Å²) < 4.78 is 6.32. The number of carbonyl (C=O) groups excluding carboxylic acids is 1. The number of benzene rings is 1. The Morgan fingerprint density at radius 1 is 1.40 bits per heavy atom. The van der Waals surface area contributed by atoms with E-state index >= 15 is 0 Å². The Bertz CT molecular complexity index is 784. The fraction of sp³-hybridized carbons (Fsp3) is 0.400. The topological polar surface area (TPSA) is 63.2 Å². The molecule has 1 aromatic carbocycles. The van der Waals surface area contributed by atoms with Crippen molar-refractivity contribution in [3.8, 4) is 5.75 Å². The van der Waals surface area contributed by atoms with Crippen molar-refractivity contribution < 1.29 is 9.53 Å². The summed E-state index contributed by atoms with van der Waals surface area (Å²) in [5, 5.41) is 6.63. The van der Waals surface area contributed by atoms with E-state index in [0.29, 0.717) is 5.56 Å². The number of hydrogen-bond acceptors (Lipinski definition) is 4. The summed E-state index contributed by atoms with van der Waals surface area (Å²) >= 11 is 0. The second-order valence-electron chi connectivity index (χ2n) is 6.87. The van der Waals surface area contributed by atoms with E-state index in [0.717, 1.165) is 49.2 Å². The minimum Gasteiger partial charge on any atom is -0.485 e. The molecule has 0 radical (unpaired) electrons. The maximum Gasteiger partial charge on any atom is 0.252 e. The standard InChI is InChI=1S/C20H23N3O2/c1-2-14-12-21-9-7-15(14)19(24)23-17-11-20(8-10-22-13-20)25-18-6-4-3-5-16(17)18/h3-7,9,12,17,22H,2,8,10-11,13H2,1H3,(H,23,24). The molecular weight excluding hydrogens is 314 g/mol. The summed E-state index contributed by atoms with van der Waals surface area (Å²) in [6.45, 7) is 3.81. The molecule has 0 saturated carbocycles. The summed E-state index contributed by atoms with van der Waals surface area (Å²) in [6, 6.07) is 9.77. The van der Waals surface area contributed by atoms with Gasteiger partial charge in [-0.15, -0.1) is 0 Å². The first-order valence-electron chi connectivity index (χ1n) is 8.93. The highest BCUT2D eigenvalue weighted by Crippen LogP contribution is 2.42. The number of nitrogens with one attached hydrogen (secondary N) is 2. The Kier molecular flexibility index (Phi) is 4.17. The fourth-order valence-electron chi connectivity index (χ4n) is 3.90.